The van der Waals surface area contributed by atoms with Gasteiger partial charge in [-0.15, -0.1) is 0 Å². The molecule has 0 spiro atoms. The molecule has 5 aromatic rings. The van der Waals surface area contributed by atoms with Gasteiger partial charge in [-0.2, -0.15) is 13.2 Å². The van der Waals surface area contributed by atoms with Gasteiger partial charge in [0.2, 0.25) is 0 Å². The zero-order valence-electron chi connectivity index (χ0n) is 25.2. The second-order valence-corrected chi connectivity index (χ2v) is 11.1. The highest BCUT2D eigenvalue weighted by molar-refractivity contribution is 6.35. The van der Waals surface area contributed by atoms with Crippen molar-refractivity contribution in [2.45, 2.75) is 26.9 Å². The average molecular weight is 641 g/mol. The van der Waals surface area contributed by atoms with Gasteiger partial charge < -0.3 is 30.6 Å². The lowest BCUT2D eigenvalue weighted by molar-refractivity contribution is -0.137. The van der Waals surface area contributed by atoms with Gasteiger partial charge in [-0.25, -0.2) is 9.78 Å². The van der Waals surface area contributed by atoms with E-state index in [1.165, 1.54) is 17.0 Å². The van der Waals surface area contributed by atoms with E-state index in [1.54, 1.807) is 75.5 Å². The van der Waals surface area contributed by atoms with Crippen LogP contribution < -0.4 is 16.0 Å². The van der Waals surface area contributed by atoms with Crippen molar-refractivity contribution < 1.29 is 32.7 Å². The molecular formula is C34H27F3N6O4. The topological polar surface area (TPSA) is 141 Å². The Morgan fingerprint density at radius 1 is 0.979 bits per heavy atom. The largest absolute Gasteiger partial charge is 0.478 e. The van der Waals surface area contributed by atoms with Crippen molar-refractivity contribution in [3.8, 4) is 5.69 Å². The number of nitrogens with one attached hydrogen (secondary N) is 4. The molecule has 238 valence electrons. The van der Waals surface area contributed by atoms with Crippen LogP contribution in [0.25, 0.3) is 17.3 Å². The summed E-state index contributed by atoms with van der Waals surface area (Å²) < 4.78 is 42.5. The molecule has 47 heavy (non-hydrogen) atoms. The molecule has 2 amide bonds. The molecule has 5 N–H and O–H groups in total. The summed E-state index contributed by atoms with van der Waals surface area (Å²) in [5.41, 5.74) is 4.39. The number of alkyl halides is 3. The van der Waals surface area contributed by atoms with Crippen molar-refractivity contribution in [3.05, 3.63) is 118 Å². The number of aromatic amines is 1. The molecule has 10 nitrogen and oxygen atoms in total. The fourth-order valence-corrected chi connectivity index (χ4v) is 5.46. The fraction of sp³-hybridized carbons (Fsp3) is 0.118. The van der Waals surface area contributed by atoms with Gasteiger partial charge in [0, 0.05) is 51.5 Å². The summed E-state index contributed by atoms with van der Waals surface area (Å²) in [6.45, 7) is 5.04. The molecule has 0 radical (unpaired) electrons. The first-order valence-electron chi connectivity index (χ1n) is 14.3. The number of hydrogen-bond donors (Lipinski definition) is 5. The lowest BCUT2D eigenvalue weighted by Gasteiger charge is -2.14. The molecule has 3 aromatic carbocycles. The van der Waals surface area contributed by atoms with Crippen LogP contribution in [0.5, 0.6) is 0 Å². The lowest BCUT2D eigenvalue weighted by Crippen LogP contribution is -2.15. The van der Waals surface area contributed by atoms with Gasteiger partial charge in [0.25, 0.3) is 11.8 Å². The maximum absolute atomic E-state index is 13.7. The third-order valence-electron chi connectivity index (χ3n) is 7.71. The first kappa shape index (κ1) is 30.9. The Morgan fingerprint density at radius 2 is 1.72 bits per heavy atom. The van der Waals surface area contributed by atoms with Crippen LogP contribution in [0.1, 0.15) is 54.5 Å². The minimum atomic E-state index is -4.67. The van der Waals surface area contributed by atoms with Crippen molar-refractivity contribution in [1.82, 2.24) is 14.5 Å². The normalized spacial score (nSPS) is 13.4. The fourth-order valence-electron chi connectivity index (χ4n) is 5.46. The second kappa shape index (κ2) is 11.7. The first-order chi connectivity index (χ1) is 22.3. The molecule has 1 aliphatic heterocycles. The number of fused-ring (bicyclic) bond motifs is 1. The van der Waals surface area contributed by atoms with E-state index in [0.717, 1.165) is 12.1 Å². The number of amides is 2. The first-order valence-corrected chi connectivity index (χ1v) is 14.3. The van der Waals surface area contributed by atoms with Crippen molar-refractivity contribution in [2.75, 3.05) is 16.0 Å². The van der Waals surface area contributed by atoms with Gasteiger partial charge in [0.1, 0.15) is 0 Å². The Morgan fingerprint density at radius 3 is 2.40 bits per heavy atom. The predicted octanol–water partition coefficient (Wildman–Crippen LogP) is 7.33. The number of anilines is 4. The Labute approximate surface area is 266 Å². The van der Waals surface area contributed by atoms with E-state index in [9.17, 15) is 32.7 Å². The van der Waals surface area contributed by atoms with Gasteiger partial charge in [-0.1, -0.05) is 12.1 Å². The van der Waals surface area contributed by atoms with Crippen LogP contribution in [0.15, 0.2) is 73.2 Å². The van der Waals surface area contributed by atoms with Crippen LogP contribution >= 0.6 is 0 Å². The zero-order valence-corrected chi connectivity index (χ0v) is 25.2. The predicted molar refractivity (Wildman–Crippen MR) is 171 cm³/mol. The summed E-state index contributed by atoms with van der Waals surface area (Å²) in [5, 5.41) is 18.2. The number of aromatic nitrogens is 3. The quantitative estimate of drug-likeness (QED) is 0.118. The Kier molecular flexibility index (Phi) is 7.67. The smallest absolute Gasteiger partial charge is 0.416 e. The maximum atomic E-state index is 13.7. The van der Waals surface area contributed by atoms with Crippen LogP contribution in [0, 0.1) is 20.8 Å². The second-order valence-electron chi connectivity index (χ2n) is 11.1. The number of imidazole rings is 1. The molecular weight excluding hydrogens is 613 g/mol. The van der Waals surface area contributed by atoms with Crippen molar-refractivity contribution >= 4 is 52.2 Å². The number of hydrogen-bond acceptors (Lipinski definition) is 5. The number of carbonyl (C=O) groups is 3. The number of H-pyrrole nitrogens is 1. The van der Waals surface area contributed by atoms with E-state index in [-0.39, 0.29) is 22.7 Å². The molecule has 13 heteroatoms. The molecule has 0 aliphatic carbocycles. The molecule has 0 atom stereocenters. The number of halogens is 3. The van der Waals surface area contributed by atoms with Gasteiger partial charge in [0.05, 0.1) is 34.4 Å². The molecule has 6 rings (SSSR count). The third kappa shape index (κ3) is 6.23. The van der Waals surface area contributed by atoms with Gasteiger partial charge in [0.15, 0.2) is 0 Å². The number of carbonyl (C=O) groups excluding carboxylic acids is 2. The van der Waals surface area contributed by atoms with Crippen LogP contribution in [-0.2, 0) is 11.0 Å². The summed E-state index contributed by atoms with van der Waals surface area (Å²) in [4.78, 5) is 44.7. The van der Waals surface area contributed by atoms with Crippen LogP contribution in [0.4, 0.5) is 35.9 Å². The third-order valence-corrected chi connectivity index (χ3v) is 7.71. The maximum Gasteiger partial charge on any atom is 0.416 e. The molecule has 0 saturated carbocycles. The van der Waals surface area contributed by atoms with Gasteiger partial charge in [-0.3, -0.25) is 9.59 Å². The SMILES string of the molecule is Cc1cn(-c2cc(C(=O)Nc3cccc(Nc4ccc5c(c4)NC(=O)C5=Cc4[nH]c(C)c(C(=O)O)c4C)c3)cc(C(F)(F)F)c2)cn1. The van der Waals surface area contributed by atoms with Crippen molar-refractivity contribution in [2.24, 2.45) is 0 Å². The average Bonchev–Trinajstić information content (AvgIpc) is 3.66. The molecule has 0 fully saturated rings. The number of carboxylic acid groups (broad SMARTS) is 1. The molecule has 0 bridgehead atoms. The summed E-state index contributed by atoms with van der Waals surface area (Å²) in [7, 11) is 0. The van der Waals surface area contributed by atoms with Gasteiger partial charge in [-0.05, 0) is 80.9 Å². The molecule has 0 saturated heterocycles. The Balaban J connectivity index is 1.21. The molecule has 2 aromatic heterocycles. The van der Waals surface area contributed by atoms with E-state index in [2.05, 4.69) is 25.9 Å². The standard InChI is InChI=1S/C34H27F3N6O4/c1-17-15-43(16-38-17)25-10-20(9-21(11-25)34(35,36)37)31(44)41-23-6-4-5-22(12-23)40-24-7-8-26-27(32(45)42-29(26)13-24)14-28-18(2)30(33(46)47)19(3)39-28/h4-16,39-40H,1-3H3,(H,41,44)(H,42,45)(H,46,47). The van der Waals surface area contributed by atoms with Gasteiger partial charge >= 0.3 is 12.1 Å². The number of aryl methyl sites for hydroxylation is 2. The highest BCUT2D eigenvalue weighted by atomic mass is 19.4. The highest BCUT2D eigenvalue weighted by Gasteiger charge is 2.32. The van der Waals surface area contributed by atoms with Crippen molar-refractivity contribution in [3.63, 3.8) is 0 Å². The van der Waals surface area contributed by atoms with E-state index in [1.807, 2.05) is 0 Å². The minimum absolute atomic E-state index is 0.144. The van der Waals surface area contributed by atoms with Crippen LogP contribution in [0.3, 0.4) is 0 Å². The lowest BCUT2D eigenvalue weighted by atomic mass is 10.0. The Bertz CT molecular complexity index is 2130. The summed E-state index contributed by atoms with van der Waals surface area (Å²) in [5.74, 6) is -2.12. The number of carboxylic acids is 1. The molecule has 0 unspecified atom stereocenters. The monoisotopic (exact) mass is 640 g/mol. The van der Waals surface area contributed by atoms with E-state index < -0.39 is 23.6 Å². The van der Waals surface area contributed by atoms with E-state index >= 15 is 0 Å². The molecule has 1 aliphatic rings. The zero-order chi connectivity index (χ0) is 33.6. The van der Waals surface area contributed by atoms with Crippen molar-refractivity contribution in [1.29, 1.82) is 0 Å². The van der Waals surface area contributed by atoms with Crippen LogP contribution in [-0.4, -0.2) is 37.4 Å². The van der Waals surface area contributed by atoms with E-state index in [4.69, 9.17) is 0 Å². The molecule has 3 heterocycles. The highest BCUT2D eigenvalue weighted by Crippen LogP contribution is 2.37. The summed E-state index contributed by atoms with van der Waals surface area (Å²) in [6.07, 6.45) is -0.100. The Hall–Kier alpha value is -6.11. The number of rotatable bonds is 7. The number of benzene rings is 3. The number of aromatic carboxylic acids is 1. The number of nitrogens with zero attached hydrogens (tertiary/aromatic N) is 2. The summed E-state index contributed by atoms with van der Waals surface area (Å²) in [6, 6.07) is 15.0. The minimum Gasteiger partial charge on any atom is -0.478 e. The van der Waals surface area contributed by atoms with Crippen LogP contribution in [0.2, 0.25) is 0 Å². The summed E-state index contributed by atoms with van der Waals surface area (Å²) >= 11 is 0. The van der Waals surface area contributed by atoms with E-state index in [0.29, 0.717) is 56.5 Å².